The number of hydrogen-bond donors (Lipinski definition) is 1. The molecule has 0 atom stereocenters. The molecule has 32 heavy (non-hydrogen) atoms. The maximum Gasteiger partial charge on any atom is 0.256 e. The first-order valence-electron chi connectivity index (χ1n) is 10.5. The van der Waals surface area contributed by atoms with Crippen LogP contribution in [0.2, 0.25) is 5.02 Å². The van der Waals surface area contributed by atoms with Gasteiger partial charge in [-0.1, -0.05) is 17.7 Å². The maximum atomic E-state index is 12.9. The first-order valence-corrected chi connectivity index (χ1v) is 10.8. The molecule has 0 spiro atoms. The van der Waals surface area contributed by atoms with Crippen LogP contribution in [0.4, 0.5) is 5.82 Å². The van der Waals surface area contributed by atoms with Gasteiger partial charge in [-0.3, -0.25) is 9.69 Å². The summed E-state index contributed by atoms with van der Waals surface area (Å²) in [5, 5.41) is 3.96. The SMILES string of the molecule is COc1cc(C(=O)Nc2ncnc3cccc(OCCCN4CCOCC4)c23)ccc1Cl. The third-order valence-electron chi connectivity index (χ3n) is 5.25. The Balaban J connectivity index is 1.49. The fourth-order valence-corrected chi connectivity index (χ4v) is 3.76. The van der Waals surface area contributed by atoms with E-state index in [0.717, 1.165) is 39.3 Å². The number of amides is 1. The summed E-state index contributed by atoms with van der Waals surface area (Å²) in [6, 6.07) is 10.4. The summed E-state index contributed by atoms with van der Waals surface area (Å²) in [6.07, 6.45) is 2.30. The van der Waals surface area contributed by atoms with Gasteiger partial charge in [0.05, 0.1) is 42.9 Å². The van der Waals surface area contributed by atoms with E-state index in [1.165, 1.54) is 13.4 Å². The third kappa shape index (κ3) is 5.27. The lowest BCUT2D eigenvalue weighted by atomic mass is 10.1. The van der Waals surface area contributed by atoms with Crippen LogP contribution in [0.15, 0.2) is 42.7 Å². The van der Waals surface area contributed by atoms with Gasteiger partial charge in [-0.05, 0) is 36.8 Å². The van der Waals surface area contributed by atoms with Crippen molar-refractivity contribution >= 4 is 34.2 Å². The zero-order valence-corrected chi connectivity index (χ0v) is 18.6. The average molecular weight is 457 g/mol. The second kappa shape index (κ2) is 10.6. The largest absolute Gasteiger partial charge is 0.495 e. The van der Waals surface area contributed by atoms with Crippen molar-refractivity contribution in [2.75, 3.05) is 51.9 Å². The number of benzene rings is 2. The molecule has 2 heterocycles. The van der Waals surface area contributed by atoms with Gasteiger partial charge in [0.15, 0.2) is 0 Å². The molecule has 1 aliphatic heterocycles. The molecule has 1 fully saturated rings. The first-order chi connectivity index (χ1) is 15.7. The molecular formula is C23H25ClN4O4. The van der Waals surface area contributed by atoms with Crippen molar-refractivity contribution in [3.63, 3.8) is 0 Å². The summed E-state index contributed by atoms with van der Waals surface area (Å²) in [5.41, 5.74) is 1.09. The van der Waals surface area contributed by atoms with Crippen molar-refractivity contribution in [2.24, 2.45) is 0 Å². The Morgan fingerprint density at radius 3 is 2.84 bits per heavy atom. The van der Waals surface area contributed by atoms with E-state index in [-0.39, 0.29) is 5.91 Å². The van der Waals surface area contributed by atoms with Crippen molar-refractivity contribution in [1.29, 1.82) is 0 Å². The first kappa shape index (κ1) is 22.3. The number of nitrogens with one attached hydrogen (secondary N) is 1. The van der Waals surface area contributed by atoms with Gasteiger partial charge in [0, 0.05) is 25.2 Å². The lowest BCUT2D eigenvalue weighted by Gasteiger charge is -2.26. The molecule has 4 rings (SSSR count). The molecule has 2 aromatic carbocycles. The van der Waals surface area contributed by atoms with E-state index >= 15 is 0 Å². The molecule has 0 bridgehead atoms. The van der Waals surface area contributed by atoms with Crippen LogP contribution in [0.1, 0.15) is 16.8 Å². The van der Waals surface area contributed by atoms with Gasteiger partial charge >= 0.3 is 0 Å². The molecular weight excluding hydrogens is 432 g/mol. The molecule has 8 nitrogen and oxygen atoms in total. The van der Waals surface area contributed by atoms with Crippen LogP contribution in [-0.4, -0.2) is 67.3 Å². The summed E-state index contributed by atoms with van der Waals surface area (Å²) in [6.45, 7) is 4.97. The number of ether oxygens (including phenoxy) is 3. The minimum absolute atomic E-state index is 0.331. The lowest BCUT2D eigenvalue weighted by molar-refractivity contribution is 0.0358. The Bertz CT molecular complexity index is 1080. The Hall–Kier alpha value is -2.94. The molecule has 1 N–H and O–H groups in total. The fraction of sp³-hybridized carbons (Fsp3) is 0.348. The minimum Gasteiger partial charge on any atom is -0.495 e. The molecule has 0 aliphatic carbocycles. The summed E-state index contributed by atoms with van der Waals surface area (Å²) in [7, 11) is 1.50. The predicted octanol–water partition coefficient (Wildman–Crippen LogP) is 3.65. The van der Waals surface area contributed by atoms with Crippen LogP contribution >= 0.6 is 11.6 Å². The zero-order chi connectivity index (χ0) is 22.3. The summed E-state index contributed by atoms with van der Waals surface area (Å²) in [4.78, 5) is 23.8. The van der Waals surface area contributed by atoms with Crippen molar-refractivity contribution in [3.8, 4) is 11.5 Å². The highest BCUT2D eigenvalue weighted by Crippen LogP contribution is 2.31. The van der Waals surface area contributed by atoms with Gasteiger partial charge < -0.3 is 19.5 Å². The molecule has 1 aromatic heterocycles. The number of fused-ring (bicyclic) bond motifs is 1. The molecule has 1 saturated heterocycles. The van der Waals surface area contributed by atoms with Crippen LogP contribution in [0, 0.1) is 0 Å². The molecule has 0 saturated carbocycles. The van der Waals surface area contributed by atoms with E-state index in [1.807, 2.05) is 18.2 Å². The molecule has 0 radical (unpaired) electrons. The fourth-order valence-electron chi connectivity index (χ4n) is 3.57. The van der Waals surface area contributed by atoms with E-state index in [0.29, 0.717) is 45.4 Å². The van der Waals surface area contributed by atoms with E-state index in [9.17, 15) is 4.79 Å². The van der Waals surface area contributed by atoms with Gasteiger partial charge in [0.2, 0.25) is 0 Å². The van der Waals surface area contributed by atoms with Crippen molar-refractivity contribution in [1.82, 2.24) is 14.9 Å². The highest BCUT2D eigenvalue weighted by atomic mass is 35.5. The van der Waals surface area contributed by atoms with Crippen LogP contribution in [0.25, 0.3) is 10.9 Å². The van der Waals surface area contributed by atoms with E-state index in [4.69, 9.17) is 25.8 Å². The number of nitrogens with zero attached hydrogens (tertiary/aromatic N) is 3. The Morgan fingerprint density at radius 1 is 1.19 bits per heavy atom. The van der Waals surface area contributed by atoms with Crippen LogP contribution in [0.3, 0.4) is 0 Å². The zero-order valence-electron chi connectivity index (χ0n) is 17.8. The number of morpholine rings is 1. The number of aromatic nitrogens is 2. The summed E-state index contributed by atoms with van der Waals surface area (Å²) in [5.74, 6) is 1.12. The number of carbonyl (C=O) groups is 1. The van der Waals surface area contributed by atoms with E-state index in [2.05, 4.69) is 20.2 Å². The normalized spacial score (nSPS) is 14.3. The van der Waals surface area contributed by atoms with Crippen LogP contribution < -0.4 is 14.8 Å². The average Bonchev–Trinajstić information content (AvgIpc) is 2.83. The smallest absolute Gasteiger partial charge is 0.256 e. The number of halogens is 1. The number of hydrogen-bond acceptors (Lipinski definition) is 7. The predicted molar refractivity (Wildman–Crippen MR) is 123 cm³/mol. The highest BCUT2D eigenvalue weighted by molar-refractivity contribution is 6.32. The second-order valence-corrected chi connectivity index (χ2v) is 7.74. The van der Waals surface area contributed by atoms with Crippen molar-refractivity contribution in [2.45, 2.75) is 6.42 Å². The van der Waals surface area contributed by atoms with Gasteiger partial charge in [-0.2, -0.15) is 0 Å². The highest BCUT2D eigenvalue weighted by Gasteiger charge is 2.16. The molecule has 0 unspecified atom stereocenters. The van der Waals surface area contributed by atoms with Crippen molar-refractivity contribution < 1.29 is 19.0 Å². The molecule has 1 amide bonds. The molecule has 1 aliphatic rings. The van der Waals surface area contributed by atoms with Gasteiger partial charge in [0.1, 0.15) is 23.6 Å². The second-order valence-electron chi connectivity index (χ2n) is 7.33. The number of anilines is 1. The number of rotatable bonds is 8. The van der Waals surface area contributed by atoms with Crippen LogP contribution in [-0.2, 0) is 4.74 Å². The molecule has 3 aromatic rings. The topological polar surface area (TPSA) is 85.8 Å². The standard InChI is InChI=1S/C23H25ClN4O4/c1-30-20-14-16(6-7-17(20)24)23(29)27-22-21-18(25-15-26-22)4-2-5-19(21)32-11-3-8-28-9-12-31-13-10-28/h2,4-7,14-15H,3,8-13H2,1H3,(H,25,26,27,29). The van der Waals surface area contributed by atoms with Crippen molar-refractivity contribution in [3.05, 3.63) is 53.3 Å². The summed E-state index contributed by atoms with van der Waals surface area (Å²) < 4.78 is 16.7. The van der Waals surface area contributed by atoms with Gasteiger partial charge in [-0.15, -0.1) is 0 Å². The number of carbonyl (C=O) groups excluding carboxylic acids is 1. The number of methoxy groups -OCH3 is 1. The summed E-state index contributed by atoms with van der Waals surface area (Å²) >= 11 is 6.07. The quantitative estimate of drug-likeness (QED) is 0.518. The molecule has 168 valence electrons. The maximum absolute atomic E-state index is 12.9. The minimum atomic E-state index is -0.331. The Morgan fingerprint density at radius 2 is 2.03 bits per heavy atom. The monoisotopic (exact) mass is 456 g/mol. The Kier molecular flexibility index (Phi) is 7.36. The third-order valence-corrected chi connectivity index (χ3v) is 5.56. The Labute approximate surface area is 191 Å². The van der Waals surface area contributed by atoms with Crippen LogP contribution in [0.5, 0.6) is 11.5 Å². The van der Waals surface area contributed by atoms with E-state index in [1.54, 1.807) is 18.2 Å². The van der Waals surface area contributed by atoms with Gasteiger partial charge in [0.25, 0.3) is 5.91 Å². The molecule has 9 heteroatoms. The lowest BCUT2D eigenvalue weighted by Crippen LogP contribution is -2.37. The van der Waals surface area contributed by atoms with E-state index < -0.39 is 0 Å². The van der Waals surface area contributed by atoms with Gasteiger partial charge in [-0.25, -0.2) is 9.97 Å².